The van der Waals surface area contributed by atoms with Crippen LogP contribution in [0.15, 0.2) is 47.4 Å². The van der Waals surface area contributed by atoms with Gasteiger partial charge in [0.05, 0.1) is 18.1 Å². The van der Waals surface area contributed by atoms with Gasteiger partial charge in [0, 0.05) is 25.9 Å². The number of aryl methyl sites for hydroxylation is 1. The van der Waals surface area contributed by atoms with Crippen molar-refractivity contribution in [1.82, 2.24) is 4.90 Å². The number of methoxy groups -OCH3 is 1. The van der Waals surface area contributed by atoms with Crippen molar-refractivity contribution >= 4 is 9.84 Å². The summed E-state index contributed by atoms with van der Waals surface area (Å²) in [6.07, 6.45) is 2.02. The maximum atomic E-state index is 11.7. The van der Waals surface area contributed by atoms with Crippen LogP contribution < -0.4 is 9.47 Å². The Bertz CT molecular complexity index is 1020. The van der Waals surface area contributed by atoms with E-state index >= 15 is 0 Å². The molecule has 0 unspecified atom stereocenters. The predicted octanol–water partition coefficient (Wildman–Crippen LogP) is 3.06. The fourth-order valence-corrected chi connectivity index (χ4v) is 5.56. The normalized spacial score (nSPS) is 26.5. The molecule has 6 nitrogen and oxygen atoms in total. The summed E-state index contributed by atoms with van der Waals surface area (Å²) in [5.74, 6) is 2.33. The molecule has 2 aromatic rings. The molecule has 1 aliphatic carbocycles. The minimum atomic E-state index is -3.17. The highest BCUT2D eigenvalue weighted by molar-refractivity contribution is 7.90. The van der Waals surface area contributed by atoms with Crippen LogP contribution in [0.4, 0.5) is 0 Å². The number of nitrogens with zero attached hydrogens (tertiary/aromatic N) is 1. The standard InChI is InChI=1S/C24H31NO5S/c1-16-5-4-6-22(29-2)24(16)30-23-12-19-15-25(14-18(19)11-21(23)26)13-17-7-9-20(10-8-17)31(3,27)28/h4-10,18-19,21,23,26H,11-15H2,1-3H3/t18-,19+,21+,23+/m0/s1. The summed E-state index contributed by atoms with van der Waals surface area (Å²) in [5.41, 5.74) is 2.10. The third-order valence-corrected chi connectivity index (χ3v) is 7.71. The Balaban J connectivity index is 1.40. The first-order chi connectivity index (χ1) is 14.7. The van der Waals surface area contributed by atoms with Gasteiger partial charge >= 0.3 is 0 Å². The number of aliphatic hydroxyl groups excluding tert-OH is 1. The molecule has 0 bridgehead atoms. The minimum Gasteiger partial charge on any atom is -0.493 e. The summed E-state index contributed by atoms with van der Waals surface area (Å²) in [6.45, 7) is 4.67. The van der Waals surface area contributed by atoms with Crippen LogP contribution in [0, 0.1) is 18.8 Å². The molecule has 4 atom stereocenters. The van der Waals surface area contributed by atoms with Crippen LogP contribution in [0.5, 0.6) is 11.5 Å². The van der Waals surface area contributed by atoms with Crippen LogP contribution in [-0.4, -0.2) is 57.1 Å². The Morgan fingerprint density at radius 3 is 2.39 bits per heavy atom. The molecule has 1 N–H and O–H groups in total. The van der Waals surface area contributed by atoms with Crippen molar-refractivity contribution in [2.75, 3.05) is 26.5 Å². The lowest BCUT2D eigenvalue weighted by Gasteiger charge is -2.35. The highest BCUT2D eigenvalue weighted by Gasteiger charge is 2.42. The molecule has 0 radical (unpaired) electrons. The van der Waals surface area contributed by atoms with Gasteiger partial charge in [-0.25, -0.2) is 8.42 Å². The van der Waals surface area contributed by atoms with Gasteiger partial charge in [-0.05, 0) is 60.9 Å². The number of likely N-dealkylation sites (tertiary alicyclic amines) is 1. The number of hydrogen-bond acceptors (Lipinski definition) is 6. The Kier molecular flexibility index (Phi) is 6.28. The van der Waals surface area contributed by atoms with Gasteiger partial charge in [0.2, 0.25) is 0 Å². The Labute approximate surface area is 184 Å². The van der Waals surface area contributed by atoms with Gasteiger partial charge < -0.3 is 14.6 Å². The lowest BCUT2D eigenvalue weighted by Crippen LogP contribution is -2.42. The van der Waals surface area contributed by atoms with Gasteiger partial charge in [-0.3, -0.25) is 4.90 Å². The topological polar surface area (TPSA) is 76.1 Å². The molecular weight excluding hydrogens is 414 g/mol. The van der Waals surface area contributed by atoms with Crippen LogP contribution in [0.25, 0.3) is 0 Å². The molecule has 4 rings (SSSR count). The molecule has 0 aromatic heterocycles. The summed E-state index contributed by atoms with van der Waals surface area (Å²) >= 11 is 0. The fraction of sp³-hybridized carbons (Fsp3) is 0.500. The molecule has 31 heavy (non-hydrogen) atoms. The summed E-state index contributed by atoms with van der Waals surface area (Å²) in [5, 5.41) is 10.8. The molecule has 168 valence electrons. The van der Waals surface area contributed by atoms with E-state index in [1.165, 1.54) is 6.26 Å². The average Bonchev–Trinajstić information content (AvgIpc) is 3.10. The van der Waals surface area contributed by atoms with Gasteiger partial charge in [-0.15, -0.1) is 0 Å². The minimum absolute atomic E-state index is 0.245. The summed E-state index contributed by atoms with van der Waals surface area (Å²) in [4.78, 5) is 2.75. The van der Waals surface area contributed by atoms with E-state index in [9.17, 15) is 13.5 Å². The van der Waals surface area contributed by atoms with Gasteiger partial charge in [0.25, 0.3) is 0 Å². The number of sulfone groups is 1. The third kappa shape index (κ3) is 4.89. The van der Waals surface area contributed by atoms with E-state index in [2.05, 4.69) is 4.90 Å². The maximum absolute atomic E-state index is 11.7. The van der Waals surface area contributed by atoms with Crippen LogP contribution in [0.1, 0.15) is 24.0 Å². The van der Waals surface area contributed by atoms with Crippen LogP contribution in [0.2, 0.25) is 0 Å². The number of ether oxygens (including phenoxy) is 2. The average molecular weight is 446 g/mol. The monoisotopic (exact) mass is 445 g/mol. The second-order valence-electron chi connectivity index (χ2n) is 8.93. The van der Waals surface area contributed by atoms with E-state index in [0.29, 0.717) is 28.2 Å². The van der Waals surface area contributed by atoms with Crippen LogP contribution in [0.3, 0.4) is 0 Å². The molecule has 1 saturated heterocycles. The molecule has 1 saturated carbocycles. The molecule has 2 aromatic carbocycles. The molecule has 7 heteroatoms. The molecule has 2 fully saturated rings. The largest absolute Gasteiger partial charge is 0.493 e. The highest BCUT2D eigenvalue weighted by atomic mass is 32.2. The molecule has 2 aliphatic rings. The Morgan fingerprint density at radius 2 is 1.74 bits per heavy atom. The van der Waals surface area contributed by atoms with Gasteiger partial charge in [0.1, 0.15) is 6.10 Å². The lowest BCUT2D eigenvalue weighted by molar-refractivity contribution is -0.0243. The van der Waals surface area contributed by atoms with E-state index in [1.54, 1.807) is 19.2 Å². The zero-order valence-electron chi connectivity index (χ0n) is 18.3. The highest BCUT2D eigenvalue weighted by Crippen LogP contribution is 2.40. The van der Waals surface area contributed by atoms with Crippen molar-refractivity contribution in [1.29, 1.82) is 0 Å². The lowest BCUT2D eigenvalue weighted by atomic mass is 9.78. The van der Waals surface area contributed by atoms with E-state index in [-0.39, 0.29) is 6.10 Å². The summed E-state index contributed by atoms with van der Waals surface area (Å²) in [6, 6.07) is 12.9. The second-order valence-corrected chi connectivity index (χ2v) is 10.9. The second kappa shape index (κ2) is 8.81. The van der Waals surface area contributed by atoms with Crippen molar-refractivity contribution in [2.45, 2.75) is 43.4 Å². The summed E-state index contributed by atoms with van der Waals surface area (Å²) in [7, 11) is -1.54. The summed E-state index contributed by atoms with van der Waals surface area (Å²) < 4.78 is 35.0. The van der Waals surface area contributed by atoms with Crippen LogP contribution in [-0.2, 0) is 16.4 Å². The van der Waals surface area contributed by atoms with E-state index in [1.807, 2.05) is 37.3 Å². The quantitative estimate of drug-likeness (QED) is 0.737. The number of aliphatic hydroxyl groups is 1. The number of para-hydroxylation sites is 1. The Morgan fingerprint density at radius 1 is 1.06 bits per heavy atom. The molecule has 0 amide bonds. The van der Waals surface area contributed by atoms with Crippen molar-refractivity contribution in [2.24, 2.45) is 11.8 Å². The van der Waals surface area contributed by atoms with Gasteiger partial charge in [0.15, 0.2) is 21.3 Å². The van der Waals surface area contributed by atoms with Gasteiger partial charge in [-0.1, -0.05) is 24.3 Å². The van der Waals surface area contributed by atoms with Crippen molar-refractivity contribution in [3.63, 3.8) is 0 Å². The van der Waals surface area contributed by atoms with Crippen molar-refractivity contribution in [3.8, 4) is 11.5 Å². The molecule has 1 heterocycles. The Hall–Kier alpha value is -2.09. The first-order valence-electron chi connectivity index (χ1n) is 10.7. The third-order valence-electron chi connectivity index (χ3n) is 6.58. The van der Waals surface area contributed by atoms with Crippen molar-refractivity contribution in [3.05, 3.63) is 53.6 Å². The van der Waals surface area contributed by atoms with E-state index < -0.39 is 15.9 Å². The SMILES string of the molecule is COc1cccc(C)c1O[C@@H]1C[C@@H]2CN(Cc3ccc(S(C)(=O)=O)cc3)C[C@@H]2C[C@H]1O. The molecule has 1 aliphatic heterocycles. The molecular formula is C24H31NO5S. The fourth-order valence-electron chi connectivity index (χ4n) is 4.93. The number of fused-ring (bicyclic) bond motifs is 1. The molecule has 0 spiro atoms. The zero-order chi connectivity index (χ0) is 22.2. The number of benzene rings is 2. The van der Waals surface area contributed by atoms with Gasteiger partial charge in [-0.2, -0.15) is 0 Å². The number of rotatable bonds is 6. The van der Waals surface area contributed by atoms with E-state index in [4.69, 9.17) is 9.47 Å². The predicted molar refractivity (Wildman–Crippen MR) is 119 cm³/mol. The maximum Gasteiger partial charge on any atom is 0.175 e. The number of hydrogen-bond donors (Lipinski definition) is 1. The van der Waals surface area contributed by atoms with E-state index in [0.717, 1.165) is 43.6 Å². The first kappa shape index (κ1) is 22.1. The van der Waals surface area contributed by atoms with Crippen LogP contribution >= 0.6 is 0 Å². The van der Waals surface area contributed by atoms with Crippen molar-refractivity contribution < 1.29 is 23.0 Å². The zero-order valence-corrected chi connectivity index (χ0v) is 19.1. The first-order valence-corrected chi connectivity index (χ1v) is 12.6. The smallest absolute Gasteiger partial charge is 0.175 e.